The van der Waals surface area contributed by atoms with Gasteiger partial charge in [0.05, 0.1) is 16.7 Å². The van der Waals surface area contributed by atoms with E-state index >= 15 is 0 Å². The van der Waals surface area contributed by atoms with E-state index in [1.807, 2.05) is 6.07 Å². The van der Waals surface area contributed by atoms with E-state index in [0.717, 1.165) is 19.4 Å². The maximum atomic E-state index is 12.2. The fraction of sp³-hybridized carbons (Fsp3) is 0.417. The molecule has 0 saturated carbocycles. The molecule has 1 aliphatic heterocycles. The van der Waals surface area contributed by atoms with Gasteiger partial charge in [0, 0.05) is 12.6 Å². The highest BCUT2D eigenvalue weighted by Crippen LogP contribution is 2.23. The highest BCUT2D eigenvalue weighted by molar-refractivity contribution is 7.89. The molecule has 1 saturated heterocycles. The van der Waals surface area contributed by atoms with E-state index in [1.54, 1.807) is 0 Å². The zero-order chi connectivity index (χ0) is 13.9. The van der Waals surface area contributed by atoms with Gasteiger partial charge in [-0.1, -0.05) is 11.6 Å². The molecule has 1 aromatic rings. The molecule has 110 valence electrons. The van der Waals surface area contributed by atoms with Gasteiger partial charge in [-0.2, -0.15) is 5.26 Å². The van der Waals surface area contributed by atoms with Crippen LogP contribution in [0.4, 0.5) is 0 Å². The average Bonchev–Trinajstić information content (AvgIpc) is 2.38. The van der Waals surface area contributed by atoms with Crippen LogP contribution in [-0.4, -0.2) is 27.5 Å². The van der Waals surface area contributed by atoms with Crippen molar-refractivity contribution in [3.8, 4) is 6.07 Å². The quantitative estimate of drug-likeness (QED) is 0.880. The molecule has 2 N–H and O–H groups in total. The van der Waals surface area contributed by atoms with Crippen LogP contribution in [0.15, 0.2) is 23.1 Å². The first-order valence-corrected chi connectivity index (χ1v) is 7.82. The standard InChI is InChI=1S/C12H14ClN3O2S.ClH/c13-11-6-9(7-14)3-4-12(11)19(17,18)16-10-2-1-5-15-8-10;/h3-4,6,10,15-16H,1-2,5,8H2;1H/t10-;/m1./s1. The first kappa shape index (κ1) is 17.2. The van der Waals surface area contributed by atoms with E-state index in [1.165, 1.54) is 18.2 Å². The zero-order valence-corrected chi connectivity index (χ0v) is 13.0. The molecule has 1 atom stereocenters. The second-order valence-electron chi connectivity index (χ2n) is 4.42. The summed E-state index contributed by atoms with van der Waals surface area (Å²) in [6.45, 7) is 1.53. The highest BCUT2D eigenvalue weighted by Gasteiger charge is 2.23. The number of nitrogens with one attached hydrogen (secondary N) is 2. The van der Waals surface area contributed by atoms with Crippen molar-refractivity contribution >= 4 is 34.0 Å². The van der Waals surface area contributed by atoms with E-state index in [9.17, 15) is 8.42 Å². The molecule has 1 heterocycles. The Bertz CT molecular complexity index is 608. The molecule has 8 heteroatoms. The first-order chi connectivity index (χ1) is 9.03. The number of nitrogens with zero attached hydrogens (tertiary/aromatic N) is 1. The normalized spacial score (nSPS) is 18.9. The number of nitriles is 1. The molecular formula is C12H15Cl2N3O2S. The Hall–Kier alpha value is -0.840. The van der Waals surface area contributed by atoms with Crippen LogP contribution in [0.1, 0.15) is 18.4 Å². The Morgan fingerprint density at radius 2 is 2.20 bits per heavy atom. The SMILES string of the molecule is Cl.N#Cc1ccc(S(=O)(=O)N[C@@H]2CCCNC2)c(Cl)c1. The second kappa shape index (κ2) is 7.25. The number of rotatable bonds is 3. The van der Waals surface area contributed by atoms with E-state index in [4.69, 9.17) is 16.9 Å². The predicted molar refractivity (Wildman–Crippen MR) is 79.6 cm³/mol. The lowest BCUT2D eigenvalue weighted by Gasteiger charge is -2.23. The molecule has 5 nitrogen and oxygen atoms in total. The van der Waals surface area contributed by atoms with Crippen molar-refractivity contribution in [2.24, 2.45) is 0 Å². The van der Waals surface area contributed by atoms with Crippen molar-refractivity contribution in [1.29, 1.82) is 5.26 Å². The minimum absolute atomic E-state index is 0. The largest absolute Gasteiger partial charge is 0.315 e. The third-order valence-electron chi connectivity index (χ3n) is 2.97. The van der Waals surface area contributed by atoms with Gasteiger partial charge in [0.1, 0.15) is 4.90 Å². The Kier molecular flexibility index (Phi) is 6.24. The summed E-state index contributed by atoms with van der Waals surface area (Å²) in [6, 6.07) is 5.96. The van der Waals surface area contributed by atoms with E-state index in [0.29, 0.717) is 12.1 Å². The zero-order valence-electron chi connectivity index (χ0n) is 10.6. The van der Waals surface area contributed by atoms with Crippen LogP contribution in [0.3, 0.4) is 0 Å². The van der Waals surface area contributed by atoms with Crippen molar-refractivity contribution in [3.63, 3.8) is 0 Å². The predicted octanol–water partition coefficient (Wildman–Crippen LogP) is 1.66. The molecule has 0 radical (unpaired) electrons. The summed E-state index contributed by atoms with van der Waals surface area (Å²) in [5, 5.41) is 11.9. The molecule has 20 heavy (non-hydrogen) atoms. The molecule has 1 fully saturated rings. The maximum Gasteiger partial charge on any atom is 0.242 e. The number of hydrogen-bond donors (Lipinski definition) is 2. The maximum absolute atomic E-state index is 12.2. The van der Waals surface area contributed by atoms with Crippen molar-refractivity contribution in [2.45, 2.75) is 23.8 Å². The van der Waals surface area contributed by atoms with Crippen LogP contribution in [0, 0.1) is 11.3 Å². The van der Waals surface area contributed by atoms with Crippen LogP contribution >= 0.6 is 24.0 Å². The summed E-state index contributed by atoms with van der Waals surface area (Å²) in [6.07, 6.45) is 1.74. The van der Waals surface area contributed by atoms with Crippen LogP contribution in [0.5, 0.6) is 0 Å². The van der Waals surface area contributed by atoms with E-state index < -0.39 is 10.0 Å². The highest BCUT2D eigenvalue weighted by atomic mass is 35.5. The van der Waals surface area contributed by atoms with Gasteiger partial charge in [0.2, 0.25) is 10.0 Å². The van der Waals surface area contributed by atoms with Gasteiger partial charge in [-0.25, -0.2) is 13.1 Å². The molecule has 1 aliphatic rings. The number of sulfonamides is 1. The van der Waals surface area contributed by atoms with Crippen molar-refractivity contribution in [1.82, 2.24) is 10.0 Å². The van der Waals surface area contributed by atoms with Crippen molar-refractivity contribution in [3.05, 3.63) is 28.8 Å². The Labute approximate surface area is 129 Å². The van der Waals surface area contributed by atoms with Gasteiger partial charge in [0.15, 0.2) is 0 Å². The van der Waals surface area contributed by atoms with Gasteiger partial charge in [-0.15, -0.1) is 12.4 Å². The number of benzene rings is 1. The molecule has 0 amide bonds. The minimum Gasteiger partial charge on any atom is -0.315 e. The van der Waals surface area contributed by atoms with E-state index in [-0.39, 0.29) is 28.4 Å². The molecule has 0 aromatic heterocycles. The molecule has 0 bridgehead atoms. The number of hydrogen-bond acceptors (Lipinski definition) is 4. The van der Waals surface area contributed by atoms with E-state index in [2.05, 4.69) is 10.0 Å². The van der Waals surface area contributed by atoms with Gasteiger partial charge in [-0.3, -0.25) is 0 Å². The molecule has 1 aromatic carbocycles. The first-order valence-electron chi connectivity index (χ1n) is 5.95. The Morgan fingerprint density at radius 3 is 2.75 bits per heavy atom. The minimum atomic E-state index is -3.65. The van der Waals surface area contributed by atoms with Crippen molar-refractivity contribution in [2.75, 3.05) is 13.1 Å². The summed E-state index contributed by atoms with van der Waals surface area (Å²) in [5.41, 5.74) is 0.336. The lowest BCUT2D eigenvalue weighted by Crippen LogP contribution is -2.45. The summed E-state index contributed by atoms with van der Waals surface area (Å²) >= 11 is 5.92. The van der Waals surface area contributed by atoms with Gasteiger partial charge >= 0.3 is 0 Å². The van der Waals surface area contributed by atoms with Crippen molar-refractivity contribution < 1.29 is 8.42 Å². The number of piperidine rings is 1. The van der Waals surface area contributed by atoms with Crippen LogP contribution in [0.2, 0.25) is 5.02 Å². The summed E-state index contributed by atoms with van der Waals surface area (Å²) in [7, 11) is -3.65. The molecule has 0 spiro atoms. The lowest BCUT2D eigenvalue weighted by molar-refractivity contribution is 0.428. The lowest BCUT2D eigenvalue weighted by atomic mass is 10.1. The summed E-state index contributed by atoms with van der Waals surface area (Å²) < 4.78 is 27.1. The van der Waals surface area contributed by atoms with Crippen LogP contribution in [-0.2, 0) is 10.0 Å². The second-order valence-corrected chi connectivity index (χ2v) is 6.51. The molecular weight excluding hydrogens is 321 g/mol. The van der Waals surface area contributed by atoms with Gasteiger partial charge < -0.3 is 5.32 Å². The fourth-order valence-electron chi connectivity index (χ4n) is 2.02. The third-order valence-corrected chi connectivity index (χ3v) is 4.97. The monoisotopic (exact) mass is 335 g/mol. The van der Waals surface area contributed by atoms with Crippen LogP contribution in [0.25, 0.3) is 0 Å². The third kappa shape index (κ3) is 4.08. The van der Waals surface area contributed by atoms with Gasteiger partial charge in [-0.05, 0) is 37.6 Å². The topological polar surface area (TPSA) is 82.0 Å². The molecule has 0 aliphatic carbocycles. The average molecular weight is 336 g/mol. The fourth-order valence-corrected chi connectivity index (χ4v) is 3.84. The summed E-state index contributed by atoms with van der Waals surface area (Å²) in [5.74, 6) is 0. The Balaban J connectivity index is 0.00000200. The molecule has 0 unspecified atom stereocenters. The summed E-state index contributed by atoms with van der Waals surface area (Å²) in [4.78, 5) is 0.0127. The number of halogens is 2. The smallest absolute Gasteiger partial charge is 0.242 e. The molecule has 2 rings (SSSR count). The van der Waals surface area contributed by atoms with Crippen LogP contribution < -0.4 is 10.0 Å². The van der Waals surface area contributed by atoms with Gasteiger partial charge in [0.25, 0.3) is 0 Å². The Morgan fingerprint density at radius 1 is 1.45 bits per heavy atom.